The van der Waals surface area contributed by atoms with Crippen molar-refractivity contribution in [2.24, 2.45) is 7.05 Å². The van der Waals surface area contributed by atoms with Crippen LogP contribution >= 0.6 is 15.9 Å². The molecule has 0 aliphatic heterocycles. The Kier molecular flexibility index (Phi) is 2.55. The highest BCUT2D eigenvalue weighted by Crippen LogP contribution is 2.21. The lowest BCUT2D eigenvalue weighted by molar-refractivity contribution is 0.0695. The number of aromatic nitrogens is 1. The molecule has 0 aliphatic carbocycles. The van der Waals surface area contributed by atoms with Crippen LogP contribution in [-0.4, -0.2) is 15.6 Å². The first-order valence-corrected chi connectivity index (χ1v) is 5.33. The maximum absolute atomic E-state index is 11.9. The number of carboxylic acid groups (broad SMARTS) is 1. The van der Waals surface area contributed by atoms with Gasteiger partial charge in [-0.15, -0.1) is 0 Å². The van der Waals surface area contributed by atoms with Gasteiger partial charge < -0.3 is 9.67 Å². The van der Waals surface area contributed by atoms with Crippen LogP contribution in [0.2, 0.25) is 0 Å². The standard InChI is InChI=1S/C11H8BrNO3/c1-13-5-7(11(15)16)10(14)6-3-2-4-8(12)9(6)13/h2-5H,1H3,(H,15,16). The van der Waals surface area contributed by atoms with Crippen LogP contribution in [0.25, 0.3) is 10.9 Å². The van der Waals surface area contributed by atoms with Crippen molar-refractivity contribution in [3.05, 3.63) is 44.7 Å². The molecule has 0 atom stereocenters. The van der Waals surface area contributed by atoms with E-state index in [9.17, 15) is 9.59 Å². The summed E-state index contributed by atoms with van der Waals surface area (Å²) in [6.07, 6.45) is 1.33. The number of carboxylic acids is 1. The summed E-state index contributed by atoms with van der Waals surface area (Å²) in [7, 11) is 1.71. The number of fused-ring (bicyclic) bond motifs is 1. The summed E-state index contributed by atoms with van der Waals surface area (Å²) in [6.45, 7) is 0. The van der Waals surface area contributed by atoms with E-state index in [0.29, 0.717) is 10.9 Å². The SMILES string of the molecule is Cn1cc(C(=O)O)c(=O)c2cccc(Br)c21. The second kappa shape index (κ2) is 3.75. The predicted molar refractivity (Wildman–Crippen MR) is 63.8 cm³/mol. The molecule has 0 spiro atoms. The minimum Gasteiger partial charge on any atom is -0.477 e. The quantitative estimate of drug-likeness (QED) is 0.870. The Balaban J connectivity index is 3.02. The molecule has 0 unspecified atom stereocenters. The van der Waals surface area contributed by atoms with Gasteiger partial charge in [-0.05, 0) is 28.1 Å². The first-order chi connectivity index (χ1) is 7.52. The zero-order valence-corrected chi connectivity index (χ0v) is 9.98. The average Bonchev–Trinajstić information content (AvgIpc) is 2.22. The maximum Gasteiger partial charge on any atom is 0.341 e. The second-order valence-electron chi connectivity index (χ2n) is 3.42. The number of para-hydroxylation sites is 1. The third-order valence-electron chi connectivity index (χ3n) is 2.38. The molecular formula is C11H8BrNO3. The highest BCUT2D eigenvalue weighted by molar-refractivity contribution is 9.10. The molecule has 0 radical (unpaired) electrons. The summed E-state index contributed by atoms with van der Waals surface area (Å²) in [4.78, 5) is 22.7. The highest BCUT2D eigenvalue weighted by Gasteiger charge is 2.14. The normalized spacial score (nSPS) is 10.6. The summed E-state index contributed by atoms with van der Waals surface area (Å²) in [5, 5.41) is 9.29. The number of hydrogen-bond donors (Lipinski definition) is 1. The molecular weight excluding hydrogens is 274 g/mol. The van der Waals surface area contributed by atoms with Crippen LogP contribution < -0.4 is 5.43 Å². The fourth-order valence-corrected chi connectivity index (χ4v) is 2.32. The van der Waals surface area contributed by atoms with E-state index in [0.717, 1.165) is 4.47 Å². The van der Waals surface area contributed by atoms with Gasteiger partial charge in [-0.3, -0.25) is 4.79 Å². The van der Waals surface area contributed by atoms with E-state index in [1.54, 1.807) is 23.7 Å². The first kappa shape index (κ1) is 10.9. The summed E-state index contributed by atoms with van der Waals surface area (Å²) >= 11 is 3.34. The molecule has 1 aromatic heterocycles. The van der Waals surface area contributed by atoms with Crippen LogP contribution in [0.5, 0.6) is 0 Å². The van der Waals surface area contributed by atoms with Crippen molar-refractivity contribution in [1.29, 1.82) is 0 Å². The van der Waals surface area contributed by atoms with Crippen molar-refractivity contribution in [2.75, 3.05) is 0 Å². The van der Waals surface area contributed by atoms with Gasteiger partial charge in [-0.1, -0.05) is 6.07 Å². The van der Waals surface area contributed by atoms with Gasteiger partial charge >= 0.3 is 5.97 Å². The highest BCUT2D eigenvalue weighted by atomic mass is 79.9. The van der Waals surface area contributed by atoms with Gasteiger partial charge in [0, 0.05) is 23.1 Å². The van der Waals surface area contributed by atoms with E-state index >= 15 is 0 Å². The molecule has 1 aromatic carbocycles. The number of hydrogen-bond acceptors (Lipinski definition) is 2. The lowest BCUT2D eigenvalue weighted by Gasteiger charge is -2.08. The molecule has 4 nitrogen and oxygen atoms in total. The molecule has 0 aliphatic rings. The number of nitrogens with zero attached hydrogens (tertiary/aromatic N) is 1. The van der Waals surface area contributed by atoms with Crippen molar-refractivity contribution in [3.8, 4) is 0 Å². The number of aryl methyl sites for hydroxylation is 1. The van der Waals surface area contributed by atoms with Gasteiger partial charge in [-0.25, -0.2) is 4.79 Å². The van der Waals surface area contributed by atoms with Gasteiger partial charge in [0.25, 0.3) is 0 Å². The maximum atomic E-state index is 11.9. The lowest BCUT2D eigenvalue weighted by atomic mass is 10.1. The van der Waals surface area contributed by atoms with Crippen LogP contribution in [0.4, 0.5) is 0 Å². The molecule has 0 amide bonds. The molecule has 5 heteroatoms. The molecule has 2 aromatic rings. The van der Waals surface area contributed by atoms with Crippen molar-refractivity contribution >= 4 is 32.8 Å². The number of pyridine rings is 1. The summed E-state index contributed by atoms with van der Waals surface area (Å²) < 4.78 is 2.39. The Bertz CT molecular complexity index is 645. The smallest absolute Gasteiger partial charge is 0.341 e. The van der Waals surface area contributed by atoms with Crippen molar-refractivity contribution in [3.63, 3.8) is 0 Å². The minimum atomic E-state index is -1.21. The largest absolute Gasteiger partial charge is 0.477 e. The molecule has 0 saturated carbocycles. The second-order valence-corrected chi connectivity index (χ2v) is 4.28. The summed E-state index contributed by atoms with van der Waals surface area (Å²) in [6, 6.07) is 5.14. The number of carbonyl (C=O) groups is 1. The number of benzene rings is 1. The van der Waals surface area contributed by atoms with Crippen LogP contribution in [0.1, 0.15) is 10.4 Å². The Morgan fingerprint density at radius 1 is 1.44 bits per heavy atom. The van der Waals surface area contributed by atoms with E-state index in [4.69, 9.17) is 5.11 Å². The lowest BCUT2D eigenvalue weighted by Crippen LogP contribution is -2.17. The molecule has 2 rings (SSSR count). The summed E-state index contributed by atoms with van der Waals surface area (Å²) in [5.74, 6) is -1.21. The van der Waals surface area contributed by atoms with Gasteiger partial charge in [-0.2, -0.15) is 0 Å². The average molecular weight is 282 g/mol. The Hall–Kier alpha value is -1.62. The molecule has 0 fully saturated rings. The van der Waals surface area contributed by atoms with Crippen molar-refractivity contribution < 1.29 is 9.90 Å². The number of aromatic carboxylic acids is 1. The van der Waals surface area contributed by atoms with Crippen molar-refractivity contribution in [1.82, 2.24) is 4.57 Å². The Morgan fingerprint density at radius 2 is 2.12 bits per heavy atom. The number of rotatable bonds is 1. The third kappa shape index (κ3) is 1.53. The van der Waals surface area contributed by atoms with E-state index < -0.39 is 11.4 Å². The Labute approximate surface area is 99.3 Å². The van der Waals surface area contributed by atoms with E-state index in [2.05, 4.69) is 15.9 Å². The first-order valence-electron chi connectivity index (χ1n) is 4.53. The van der Waals surface area contributed by atoms with Crippen LogP contribution in [-0.2, 0) is 7.05 Å². The van der Waals surface area contributed by atoms with Crippen LogP contribution in [0.3, 0.4) is 0 Å². The van der Waals surface area contributed by atoms with Crippen LogP contribution in [0.15, 0.2) is 33.7 Å². The minimum absolute atomic E-state index is 0.215. The number of halogens is 1. The Morgan fingerprint density at radius 3 is 2.75 bits per heavy atom. The molecule has 82 valence electrons. The fraction of sp³-hybridized carbons (Fsp3) is 0.0909. The topological polar surface area (TPSA) is 59.3 Å². The zero-order valence-electron chi connectivity index (χ0n) is 8.40. The summed E-state index contributed by atoms with van der Waals surface area (Å²) in [5.41, 5.74) is 0.0208. The van der Waals surface area contributed by atoms with E-state index in [1.807, 2.05) is 6.07 Å². The molecule has 16 heavy (non-hydrogen) atoms. The van der Waals surface area contributed by atoms with Gasteiger partial charge in [0.1, 0.15) is 5.56 Å². The fourth-order valence-electron chi connectivity index (χ4n) is 1.67. The van der Waals surface area contributed by atoms with Gasteiger partial charge in [0.05, 0.1) is 5.52 Å². The molecule has 1 N–H and O–H groups in total. The van der Waals surface area contributed by atoms with Gasteiger partial charge in [0.2, 0.25) is 5.43 Å². The van der Waals surface area contributed by atoms with Gasteiger partial charge in [0.15, 0.2) is 0 Å². The van der Waals surface area contributed by atoms with Crippen LogP contribution in [0, 0.1) is 0 Å². The monoisotopic (exact) mass is 281 g/mol. The zero-order chi connectivity index (χ0) is 11.9. The molecule has 0 bridgehead atoms. The molecule has 1 heterocycles. The predicted octanol–water partition coefficient (Wildman–Crippen LogP) is 2.00. The van der Waals surface area contributed by atoms with E-state index in [1.165, 1.54) is 6.20 Å². The third-order valence-corrected chi connectivity index (χ3v) is 3.02. The van der Waals surface area contributed by atoms with Crippen molar-refractivity contribution in [2.45, 2.75) is 0 Å². The van der Waals surface area contributed by atoms with E-state index in [-0.39, 0.29) is 5.56 Å². The molecule has 0 saturated heterocycles.